The molecule has 0 saturated carbocycles. The van der Waals surface area contributed by atoms with Crippen molar-refractivity contribution in [3.05, 3.63) is 30.0 Å². The van der Waals surface area contributed by atoms with E-state index >= 15 is 0 Å². The van der Waals surface area contributed by atoms with E-state index in [9.17, 15) is 15.0 Å². The highest BCUT2D eigenvalue weighted by molar-refractivity contribution is 5.85. The Balaban J connectivity index is 0.00000210. The normalized spacial score (nSPS) is 16.3. The van der Waals surface area contributed by atoms with Gasteiger partial charge >= 0.3 is 5.97 Å². The van der Waals surface area contributed by atoms with Crippen molar-refractivity contribution in [1.29, 1.82) is 0 Å². The average Bonchev–Trinajstić information content (AvgIpc) is 2.61. The number of hydrogen-bond acceptors (Lipinski definition) is 7. The van der Waals surface area contributed by atoms with Gasteiger partial charge in [0.15, 0.2) is 5.60 Å². The van der Waals surface area contributed by atoms with Crippen LogP contribution in [0, 0.1) is 0 Å². The second kappa shape index (κ2) is 9.96. The maximum atomic E-state index is 11.4. The molecule has 0 amide bonds. The van der Waals surface area contributed by atoms with E-state index < -0.39 is 11.6 Å². The van der Waals surface area contributed by atoms with Crippen LogP contribution in [0.1, 0.15) is 38.3 Å². The Labute approximate surface area is 181 Å². The second-order valence-corrected chi connectivity index (χ2v) is 7.15. The van der Waals surface area contributed by atoms with Crippen molar-refractivity contribution < 1.29 is 19.7 Å². The van der Waals surface area contributed by atoms with Crippen molar-refractivity contribution in [2.45, 2.75) is 38.2 Å². The number of carboxylic acid groups (broad SMARTS) is 1. The third-order valence-electron chi connectivity index (χ3n) is 4.62. The summed E-state index contributed by atoms with van der Waals surface area (Å²) in [7, 11) is 0. The van der Waals surface area contributed by atoms with Crippen molar-refractivity contribution >= 4 is 36.7 Å². The van der Waals surface area contributed by atoms with Crippen LogP contribution in [0.15, 0.2) is 24.3 Å². The number of carbonyl (C=O) groups is 1. The summed E-state index contributed by atoms with van der Waals surface area (Å²) in [6, 6.07) is 6.46. The van der Waals surface area contributed by atoms with E-state index in [1.165, 1.54) is 19.9 Å². The number of aliphatic carboxylic acids is 1. The standard InChI is InChI=1S/C19H24N4O4.2ClH/c1-19(2,17(25)26)27-15-7-3-6-14(24)16(15)13-9-12(22-18(20)23-13)11-5-4-8-21-10-11;;/h3,6-7,9,11,21,24H,4-5,8,10H2,1-2H3,(H,25,26)(H2,20,22,23);2*1H. The molecule has 1 saturated heterocycles. The molecule has 1 atom stereocenters. The Hall–Kier alpha value is -2.29. The number of phenols is 1. The molecule has 8 nitrogen and oxygen atoms in total. The Morgan fingerprint density at radius 3 is 2.66 bits per heavy atom. The van der Waals surface area contributed by atoms with Crippen LogP contribution in [0.3, 0.4) is 0 Å². The Morgan fingerprint density at radius 2 is 2.03 bits per heavy atom. The SMILES string of the molecule is CC(C)(Oc1cccc(O)c1-c1cc(C2CCCNC2)nc(N)n1)C(=O)O.Cl.Cl. The molecule has 0 radical (unpaired) electrons. The molecule has 160 valence electrons. The molecule has 0 spiro atoms. The van der Waals surface area contributed by atoms with Gasteiger partial charge in [0.1, 0.15) is 11.5 Å². The van der Waals surface area contributed by atoms with Gasteiger partial charge in [-0.2, -0.15) is 0 Å². The highest BCUT2D eigenvalue weighted by Crippen LogP contribution is 2.39. The molecular formula is C19H26Cl2N4O4. The third-order valence-corrected chi connectivity index (χ3v) is 4.62. The van der Waals surface area contributed by atoms with Gasteiger partial charge in [0.2, 0.25) is 5.95 Å². The number of phenolic OH excluding ortho intramolecular Hbond substituents is 1. The Bertz CT molecular complexity index is 858. The number of carboxylic acids is 1. The number of nitrogens with zero attached hydrogens (tertiary/aromatic N) is 2. The number of hydrogen-bond donors (Lipinski definition) is 4. The van der Waals surface area contributed by atoms with Crippen molar-refractivity contribution in [3.63, 3.8) is 0 Å². The van der Waals surface area contributed by atoms with Crippen LogP contribution in [0.5, 0.6) is 11.5 Å². The summed E-state index contributed by atoms with van der Waals surface area (Å²) in [6.45, 7) is 4.66. The largest absolute Gasteiger partial charge is 0.507 e. The lowest BCUT2D eigenvalue weighted by Gasteiger charge is -2.24. The third kappa shape index (κ3) is 5.62. The number of rotatable bonds is 5. The molecular weight excluding hydrogens is 419 g/mol. The fraction of sp³-hybridized carbons (Fsp3) is 0.421. The highest BCUT2D eigenvalue weighted by atomic mass is 35.5. The van der Waals surface area contributed by atoms with Crippen LogP contribution < -0.4 is 15.8 Å². The smallest absolute Gasteiger partial charge is 0.347 e. The van der Waals surface area contributed by atoms with E-state index in [0.717, 1.165) is 31.6 Å². The van der Waals surface area contributed by atoms with E-state index in [2.05, 4.69) is 15.3 Å². The van der Waals surface area contributed by atoms with Crippen LogP contribution in [-0.4, -0.2) is 44.8 Å². The summed E-state index contributed by atoms with van der Waals surface area (Å²) in [6.07, 6.45) is 2.03. The number of halogens is 2. The van der Waals surface area contributed by atoms with E-state index in [1.807, 2.05) is 0 Å². The molecule has 0 aliphatic carbocycles. The van der Waals surface area contributed by atoms with Gasteiger partial charge in [0, 0.05) is 12.5 Å². The summed E-state index contributed by atoms with van der Waals surface area (Å²) < 4.78 is 5.68. The lowest BCUT2D eigenvalue weighted by molar-refractivity contribution is -0.152. The van der Waals surface area contributed by atoms with Crippen LogP contribution in [0.2, 0.25) is 0 Å². The number of aromatic nitrogens is 2. The van der Waals surface area contributed by atoms with Crippen LogP contribution >= 0.6 is 24.8 Å². The molecule has 5 N–H and O–H groups in total. The molecule has 3 rings (SSSR count). The van der Waals surface area contributed by atoms with Gasteiger partial charge in [-0.25, -0.2) is 14.8 Å². The minimum absolute atomic E-state index is 0. The Morgan fingerprint density at radius 1 is 1.31 bits per heavy atom. The number of piperidine rings is 1. The van der Waals surface area contributed by atoms with Crippen LogP contribution in [-0.2, 0) is 4.79 Å². The fourth-order valence-corrected chi connectivity index (χ4v) is 3.11. The summed E-state index contributed by atoms with van der Waals surface area (Å²) in [4.78, 5) is 20.0. The zero-order valence-corrected chi connectivity index (χ0v) is 17.8. The van der Waals surface area contributed by atoms with Crippen molar-refractivity contribution in [2.75, 3.05) is 18.8 Å². The predicted molar refractivity (Wildman–Crippen MR) is 115 cm³/mol. The number of nitrogens with one attached hydrogen (secondary N) is 1. The first-order valence-corrected chi connectivity index (χ1v) is 8.88. The maximum Gasteiger partial charge on any atom is 0.347 e. The van der Waals surface area contributed by atoms with Gasteiger partial charge in [0.25, 0.3) is 0 Å². The van der Waals surface area contributed by atoms with Crippen molar-refractivity contribution in [2.24, 2.45) is 0 Å². The molecule has 1 aliphatic heterocycles. The van der Waals surface area contributed by atoms with Crippen molar-refractivity contribution in [3.8, 4) is 22.8 Å². The first-order valence-electron chi connectivity index (χ1n) is 8.88. The molecule has 0 bridgehead atoms. The molecule has 1 fully saturated rings. The topological polar surface area (TPSA) is 131 Å². The predicted octanol–water partition coefficient (Wildman–Crippen LogP) is 2.98. The minimum Gasteiger partial charge on any atom is -0.507 e. The van der Waals surface area contributed by atoms with Gasteiger partial charge in [-0.1, -0.05) is 6.07 Å². The molecule has 2 aromatic rings. The molecule has 10 heteroatoms. The number of aromatic hydroxyl groups is 1. The molecule has 1 aromatic carbocycles. The molecule has 1 aromatic heterocycles. The quantitative estimate of drug-likeness (QED) is 0.553. The average molecular weight is 445 g/mol. The van der Waals surface area contributed by atoms with Crippen molar-refractivity contribution in [1.82, 2.24) is 15.3 Å². The molecule has 1 unspecified atom stereocenters. The zero-order valence-electron chi connectivity index (χ0n) is 16.2. The van der Waals surface area contributed by atoms with Gasteiger partial charge in [-0.05, 0) is 51.4 Å². The lowest BCUT2D eigenvalue weighted by Crippen LogP contribution is -2.38. The van der Waals surface area contributed by atoms with Gasteiger partial charge in [-0.3, -0.25) is 0 Å². The highest BCUT2D eigenvalue weighted by Gasteiger charge is 2.31. The number of nitrogens with two attached hydrogens (primary N) is 1. The summed E-state index contributed by atoms with van der Waals surface area (Å²) in [5.41, 5.74) is 5.93. The van der Waals surface area contributed by atoms with E-state index in [0.29, 0.717) is 11.3 Å². The number of benzene rings is 1. The van der Waals surface area contributed by atoms with Gasteiger partial charge in [-0.15, -0.1) is 24.8 Å². The molecule has 2 heterocycles. The van der Waals surface area contributed by atoms with E-state index in [4.69, 9.17) is 10.5 Å². The number of nitrogen functional groups attached to an aromatic ring is 1. The summed E-state index contributed by atoms with van der Waals surface area (Å²) in [5, 5.41) is 23.1. The van der Waals surface area contributed by atoms with Gasteiger partial charge in [0.05, 0.1) is 17.0 Å². The first-order chi connectivity index (χ1) is 12.8. The summed E-state index contributed by atoms with van der Waals surface area (Å²) in [5.74, 6) is -0.672. The van der Waals surface area contributed by atoms with Crippen LogP contribution in [0.4, 0.5) is 5.95 Å². The maximum absolute atomic E-state index is 11.4. The summed E-state index contributed by atoms with van der Waals surface area (Å²) >= 11 is 0. The second-order valence-electron chi connectivity index (χ2n) is 7.15. The lowest BCUT2D eigenvalue weighted by atomic mass is 9.94. The molecule has 29 heavy (non-hydrogen) atoms. The number of anilines is 1. The minimum atomic E-state index is -1.47. The molecule has 1 aliphatic rings. The van der Waals surface area contributed by atoms with E-state index in [-0.39, 0.29) is 48.2 Å². The zero-order chi connectivity index (χ0) is 19.6. The first kappa shape index (κ1) is 24.7. The van der Waals surface area contributed by atoms with Gasteiger partial charge < -0.3 is 26.0 Å². The Kier molecular flexibility index (Phi) is 8.50. The fourth-order valence-electron chi connectivity index (χ4n) is 3.11. The monoisotopic (exact) mass is 444 g/mol. The van der Waals surface area contributed by atoms with Crippen LogP contribution in [0.25, 0.3) is 11.3 Å². The van der Waals surface area contributed by atoms with E-state index in [1.54, 1.807) is 18.2 Å². The number of ether oxygens (including phenoxy) is 1.